The van der Waals surface area contributed by atoms with Crippen molar-refractivity contribution in [1.29, 1.82) is 5.26 Å². The second-order valence-corrected chi connectivity index (χ2v) is 5.84. The average molecular weight is 295 g/mol. The third-order valence-corrected chi connectivity index (χ3v) is 4.21. The number of aromatic nitrogens is 4. The molecule has 0 unspecified atom stereocenters. The molecule has 0 radical (unpaired) electrons. The Morgan fingerprint density at radius 2 is 2.00 bits per heavy atom. The standard InChI is InChI=1S/C15H13N5S/c1-8-4-5-12-13(6-8)18-15(17-12)21-14-11(7-16)9(2)10(3)19-20-14/h4-6H,1-3H3,(H,17,18). The average Bonchev–Trinajstić information content (AvgIpc) is 2.84. The molecule has 0 aliphatic rings. The zero-order valence-corrected chi connectivity index (χ0v) is 12.7. The molecule has 5 nitrogen and oxygen atoms in total. The molecular weight excluding hydrogens is 282 g/mol. The van der Waals surface area contributed by atoms with Gasteiger partial charge >= 0.3 is 0 Å². The highest BCUT2D eigenvalue weighted by atomic mass is 32.2. The van der Waals surface area contributed by atoms with E-state index in [9.17, 15) is 5.26 Å². The van der Waals surface area contributed by atoms with Crippen LogP contribution in [0, 0.1) is 32.1 Å². The van der Waals surface area contributed by atoms with Crippen LogP contribution in [0.15, 0.2) is 28.4 Å². The summed E-state index contributed by atoms with van der Waals surface area (Å²) in [4.78, 5) is 7.75. The van der Waals surface area contributed by atoms with Crippen LogP contribution in [0.2, 0.25) is 0 Å². The highest BCUT2D eigenvalue weighted by molar-refractivity contribution is 7.99. The van der Waals surface area contributed by atoms with E-state index in [0.717, 1.165) is 22.3 Å². The quantitative estimate of drug-likeness (QED) is 0.784. The molecule has 1 aromatic carbocycles. The van der Waals surface area contributed by atoms with E-state index in [1.807, 2.05) is 39.0 Å². The molecule has 0 atom stereocenters. The lowest BCUT2D eigenvalue weighted by Gasteiger charge is -2.04. The molecule has 104 valence electrons. The first-order valence-electron chi connectivity index (χ1n) is 6.46. The van der Waals surface area contributed by atoms with Crippen molar-refractivity contribution in [3.8, 4) is 6.07 Å². The Morgan fingerprint density at radius 3 is 2.76 bits per heavy atom. The van der Waals surface area contributed by atoms with Gasteiger partial charge in [0.05, 0.1) is 22.3 Å². The number of benzene rings is 1. The maximum atomic E-state index is 9.32. The van der Waals surface area contributed by atoms with Crippen molar-refractivity contribution >= 4 is 22.8 Å². The van der Waals surface area contributed by atoms with Crippen LogP contribution < -0.4 is 0 Å². The molecule has 1 N–H and O–H groups in total. The van der Waals surface area contributed by atoms with Gasteiger partial charge in [-0.2, -0.15) is 10.4 Å². The number of nitriles is 1. The van der Waals surface area contributed by atoms with Gasteiger partial charge in [0.2, 0.25) is 0 Å². The molecule has 0 aliphatic carbocycles. The largest absolute Gasteiger partial charge is 0.333 e. The number of nitrogens with one attached hydrogen (secondary N) is 1. The Hall–Kier alpha value is -2.39. The van der Waals surface area contributed by atoms with Crippen LogP contribution in [0.25, 0.3) is 11.0 Å². The minimum Gasteiger partial charge on any atom is -0.333 e. The van der Waals surface area contributed by atoms with Crippen molar-refractivity contribution in [2.75, 3.05) is 0 Å². The molecule has 2 heterocycles. The zero-order valence-electron chi connectivity index (χ0n) is 11.9. The number of nitrogens with zero attached hydrogens (tertiary/aromatic N) is 4. The molecule has 0 saturated carbocycles. The monoisotopic (exact) mass is 295 g/mol. The van der Waals surface area contributed by atoms with Gasteiger partial charge in [-0.1, -0.05) is 6.07 Å². The van der Waals surface area contributed by atoms with Gasteiger partial charge in [0.1, 0.15) is 11.1 Å². The summed E-state index contributed by atoms with van der Waals surface area (Å²) < 4.78 is 0. The predicted octanol–water partition coefficient (Wildman–Crippen LogP) is 3.30. The number of hydrogen-bond acceptors (Lipinski definition) is 5. The number of aromatic amines is 1. The van der Waals surface area contributed by atoms with Crippen molar-refractivity contribution in [3.63, 3.8) is 0 Å². The summed E-state index contributed by atoms with van der Waals surface area (Å²) in [6, 6.07) is 8.24. The summed E-state index contributed by atoms with van der Waals surface area (Å²) in [6.07, 6.45) is 0. The molecule has 0 amide bonds. The SMILES string of the molecule is Cc1ccc2nc(Sc3nnc(C)c(C)c3C#N)[nH]c2c1. The van der Waals surface area contributed by atoms with Gasteiger partial charge in [-0.05, 0) is 55.8 Å². The lowest BCUT2D eigenvalue weighted by atomic mass is 10.1. The molecule has 3 aromatic rings. The molecule has 2 aromatic heterocycles. The smallest absolute Gasteiger partial charge is 0.172 e. The summed E-state index contributed by atoms with van der Waals surface area (Å²) in [5.41, 5.74) is 5.25. The van der Waals surface area contributed by atoms with E-state index in [0.29, 0.717) is 15.7 Å². The highest BCUT2D eigenvalue weighted by Crippen LogP contribution is 2.29. The molecule has 0 spiro atoms. The first-order chi connectivity index (χ1) is 10.1. The van der Waals surface area contributed by atoms with Crippen LogP contribution in [0.4, 0.5) is 0 Å². The zero-order chi connectivity index (χ0) is 15.0. The molecular formula is C15H13N5S. The molecule has 0 aliphatic heterocycles. The predicted molar refractivity (Wildman–Crippen MR) is 81.2 cm³/mol. The van der Waals surface area contributed by atoms with Crippen LogP contribution in [0.5, 0.6) is 0 Å². The Morgan fingerprint density at radius 1 is 1.19 bits per heavy atom. The Balaban J connectivity index is 2.03. The number of fused-ring (bicyclic) bond motifs is 1. The Bertz CT molecular complexity index is 876. The summed E-state index contributed by atoms with van der Waals surface area (Å²) >= 11 is 1.33. The highest BCUT2D eigenvalue weighted by Gasteiger charge is 2.14. The van der Waals surface area contributed by atoms with Crippen LogP contribution in [0.3, 0.4) is 0 Å². The minimum atomic E-state index is 0.559. The van der Waals surface area contributed by atoms with E-state index >= 15 is 0 Å². The van der Waals surface area contributed by atoms with E-state index in [4.69, 9.17) is 0 Å². The van der Waals surface area contributed by atoms with Crippen molar-refractivity contribution in [1.82, 2.24) is 20.2 Å². The van der Waals surface area contributed by atoms with Crippen LogP contribution in [0.1, 0.15) is 22.4 Å². The molecule has 0 bridgehead atoms. The van der Waals surface area contributed by atoms with Gasteiger partial charge in [0, 0.05) is 0 Å². The van der Waals surface area contributed by atoms with Crippen LogP contribution >= 0.6 is 11.8 Å². The van der Waals surface area contributed by atoms with E-state index < -0.39 is 0 Å². The van der Waals surface area contributed by atoms with Crippen LogP contribution in [-0.2, 0) is 0 Å². The Labute approximate surface area is 126 Å². The maximum absolute atomic E-state index is 9.32. The van der Waals surface area contributed by atoms with Crippen molar-refractivity contribution < 1.29 is 0 Å². The van der Waals surface area contributed by atoms with Gasteiger partial charge in [-0.25, -0.2) is 4.98 Å². The minimum absolute atomic E-state index is 0.559. The Kier molecular flexibility index (Phi) is 3.35. The second-order valence-electron chi connectivity index (χ2n) is 4.87. The lowest BCUT2D eigenvalue weighted by Crippen LogP contribution is -1.98. The second kappa shape index (κ2) is 5.19. The van der Waals surface area contributed by atoms with Crippen molar-refractivity contribution in [2.24, 2.45) is 0 Å². The van der Waals surface area contributed by atoms with Crippen molar-refractivity contribution in [2.45, 2.75) is 31.0 Å². The van der Waals surface area contributed by atoms with Crippen LogP contribution in [-0.4, -0.2) is 20.2 Å². The first-order valence-corrected chi connectivity index (χ1v) is 7.28. The summed E-state index contributed by atoms with van der Waals surface area (Å²) in [6.45, 7) is 5.77. The molecule has 3 rings (SSSR count). The number of rotatable bonds is 2. The van der Waals surface area contributed by atoms with Gasteiger partial charge in [0.15, 0.2) is 5.16 Å². The van der Waals surface area contributed by atoms with E-state index in [-0.39, 0.29) is 0 Å². The van der Waals surface area contributed by atoms with Gasteiger partial charge in [0.25, 0.3) is 0 Å². The summed E-state index contributed by atoms with van der Waals surface area (Å²) in [5, 5.41) is 18.8. The van der Waals surface area contributed by atoms with E-state index in [1.165, 1.54) is 17.3 Å². The number of hydrogen-bond donors (Lipinski definition) is 1. The molecule has 21 heavy (non-hydrogen) atoms. The van der Waals surface area contributed by atoms with Gasteiger partial charge in [-0.15, -0.1) is 5.10 Å². The first kappa shape index (κ1) is 13.6. The van der Waals surface area contributed by atoms with E-state index in [2.05, 4.69) is 26.2 Å². The van der Waals surface area contributed by atoms with Crippen molar-refractivity contribution in [3.05, 3.63) is 40.6 Å². The normalized spacial score (nSPS) is 10.8. The number of aryl methyl sites for hydroxylation is 2. The topological polar surface area (TPSA) is 78.2 Å². The number of imidazole rings is 1. The lowest BCUT2D eigenvalue weighted by molar-refractivity contribution is 0.868. The fourth-order valence-electron chi connectivity index (χ4n) is 2.03. The summed E-state index contributed by atoms with van der Waals surface area (Å²) in [5.74, 6) is 0. The molecule has 0 fully saturated rings. The fraction of sp³-hybridized carbons (Fsp3) is 0.200. The third-order valence-electron chi connectivity index (χ3n) is 3.34. The molecule has 0 saturated heterocycles. The third kappa shape index (κ3) is 2.48. The maximum Gasteiger partial charge on any atom is 0.172 e. The summed E-state index contributed by atoms with van der Waals surface area (Å²) in [7, 11) is 0. The van der Waals surface area contributed by atoms with E-state index in [1.54, 1.807) is 0 Å². The van der Waals surface area contributed by atoms with Gasteiger partial charge < -0.3 is 4.98 Å². The fourth-order valence-corrected chi connectivity index (χ4v) is 2.90. The number of H-pyrrole nitrogens is 1. The van der Waals surface area contributed by atoms with Gasteiger partial charge in [-0.3, -0.25) is 0 Å². The molecule has 6 heteroatoms.